The van der Waals surface area contributed by atoms with Crippen LogP contribution < -0.4 is 25.4 Å². The van der Waals surface area contributed by atoms with E-state index < -0.39 is 5.91 Å². The van der Waals surface area contributed by atoms with Gasteiger partial charge < -0.3 is 25.4 Å². The third-order valence-electron chi connectivity index (χ3n) is 4.52. The summed E-state index contributed by atoms with van der Waals surface area (Å²) in [5, 5.41) is 2.86. The topological polar surface area (TPSA) is 95.1 Å². The minimum atomic E-state index is -0.502. The van der Waals surface area contributed by atoms with Gasteiger partial charge >= 0.3 is 0 Å². The Morgan fingerprint density at radius 3 is 2.33 bits per heavy atom. The lowest BCUT2D eigenvalue weighted by atomic mass is 10.1. The van der Waals surface area contributed by atoms with Crippen molar-refractivity contribution in [3.8, 4) is 11.5 Å². The molecule has 0 bridgehead atoms. The Bertz CT molecular complexity index is 805. The first-order valence-electron chi connectivity index (χ1n) is 8.60. The molecule has 2 atom stereocenters. The summed E-state index contributed by atoms with van der Waals surface area (Å²) in [4.78, 5) is 24.7. The van der Waals surface area contributed by atoms with Gasteiger partial charge in [0.2, 0.25) is 5.91 Å². The minimum Gasteiger partial charge on any atom is -0.493 e. The number of methoxy groups -OCH3 is 2. The van der Waals surface area contributed by atoms with Gasteiger partial charge in [0.25, 0.3) is 5.91 Å². The maximum absolute atomic E-state index is 12.6. The van der Waals surface area contributed by atoms with E-state index in [1.165, 1.54) is 0 Å². The Morgan fingerprint density at radius 2 is 1.78 bits per heavy atom. The highest BCUT2D eigenvalue weighted by Gasteiger charge is 2.24. The molecule has 0 spiro atoms. The van der Waals surface area contributed by atoms with E-state index in [0.29, 0.717) is 29.3 Å². The van der Waals surface area contributed by atoms with Crippen LogP contribution in [0, 0.1) is 0 Å². The number of nitrogens with two attached hydrogens (primary N) is 1. The summed E-state index contributed by atoms with van der Waals surface area (Å²) in [6.07, 6.45) is 0. The zero-order valence-corrected chi connectivity index (χ0v) is 16.0. The lowest BCUT2D eigenvalue weighted by Crippen LogP contribution is -3.12. The molecule has 1 unspecified atom stereocenters. The van der Waals surface area contributed by atoms with Crippen molar-refractivity contribution >= 4 is 17.5 Å². The Labute approximate surface area is 159 Å². The molecule has 0 aliphatic carbocycles. The second kappa shape index (κ2) is 9.05. The van der Waals surface area contributed by atoms with Gasteiger partial charge in [-0.05, 0) is 43.3 Å². The van der Waals surface area contributed by atoms with Gasteiger partial charge in [-0.1, -0.05) is 6.07 Å². The number of anilines is 1. The summed E-state index contributed by atoms with van der Waals surface area (Å²) in [5.74, 6) is 0.710. The molecule has 0 heterocycles. The molecule has 0 saturated carbocycles. The second-order valence-electron chi connectivity index (χ2n) is 6.33. The Morgan fingerprint density at radius 1 is 1.11 bits per heavy atom. The number of likely N-dealkylation sites (N-methyl/N-ethyl adjacent to an activating group) is 1. The van der Waals surface area contributed by atoms with Crippen LogP contribution >= 0.6 is 0 Å². The second-order valence-corrected chi connectivity index (χ2v) is 6.33. The van der Waals surface area contributed by atoms with Crippen LogP contribution in [0.2, 0.25) is 0 Å². The van der Waals surface area contributed by atoms with Crippen molar-refractivity contribution in [2.45, 2.75) is 19.5 Å². The maximum atomic E-state index is 12.6. The molecule has 7 nitrogen and oxygen atoms in total. The number of para-hydroxylation sites is 1. The number of nitrogens with one attached hydrogen (secondary N) is 2. The van der Waals surface area contributed by atoms with E-state index in [0.717, 1.165) is 10.5 Å². The first kappa shape index (κ1) is 20.3. The minimum absolute atomic E-state index is 0.124. The first-order valence-corrected chi connectivity index (χ1v) is 8.60. The van der Waals surface area contributed by atoms with Crippen molar-refractivity contribution in [3.05, 3.63) is 53.6 Å². The van der Waals surface area contributed by atoms with Crippen LogP contribution in [-0.4, -0.2) is 39.1 Å². The van der Waals surface area contributed by atoms with E-state index in [4.69, 9.17) is 15.2 Å². The number of hydrogen-bond acceptors (Lipinski definition) is 4. The molecule has 2 aromatic carbocycles. The van der Waals surface area contributed by atoms with Gasteiger partial charge in [-0.3, -0.25) is 9.59 Å². The van der Waals surface area contributed by atoms with Crippen molar-refractivity contribution in [2.75, 3.05) is 26.6 Å². The molecular formula is C20H26N3O4+. The van der Waals surface area contributed by atoms with Crippen LogP contribution in [0.15, 0.2) is 42.5 Å². The van der Waals surface area contributed by atoms with Crippen molar-refractivity contribution in [2.24, 2.45) is 5.73 Å². The van der Waals surface area contributed by atoms with Gasteiger partial charge in [-0.25, -0.2) is 0 Å². The van der Waals surface area contributed by atoms with Crippen molar-refractivity contribution in [1.82, 2.24) is 0 Å². The molecule has 0 radical (unpaired) electrons. The zero-order chi connectivity index (χ0) is 20.0. The van der Waals surface area contributed by atoms with Gasteiger partial charge in [-0.2, -0.15) is 0 Å². The average molecular weight is 372 g/mol. The number of primary amides is 1. The van der Waals surface area contributed by atoms with Gasteiger partial charge in [-0.15, -0.1) is 0 Å². The highest BCUT2D eigenvalue weighted by Crippen LogP contribution is 2.30. The summed E-state index contributed by atoms with van der Waals surface area (Å²) in [6.45, 7) is 2.45. The predicted octanol–water partition coefficient (Wildman–Crippen LogP) is 0.845. The standard InChI is InChI=1S/C20H25N3O4/c1-13(20(25)22-16-10-8-14(9-11-16)19(21)24)23(2)12-15-6-5-7-17(26-3)18(15)27-4/h5-11,13H,12H2,1-4H3,(H2,21,24)(H,22,25)/p+1/t13-/m0/s1. The van der Waals surface area contributed by atoms with Crippen LogP contribution in [0.25, 0.3) is 0 Å². The van der Waals surface area contributed by atoms with Crippen LogP contribution in [0.4, 0.5) is 5.69 Å². The fraction of sp³-hybridized carbons (Fsp3) is 0.300. The number of amides is 2. The van der Waals surface area contributed by atoms with Gasteiger partial charge in [0.15, 0.2) is 17.5 Å². The molecule has 0 aliphatic rings. The number of rotatable bonds is 8. The largest absolute Gasteiger partial charge is 0.493 e. The van der Waals surface area contributed by atoms with Crippen LogP contribution in [-0.2, 0) is 11.3 Å². The molecule has 0 fully saturated rings. The molecular weight excluding hydrogens is 346 g/mol. The van der Waals surface area contributed by atoms with Crippen LogP contribution in [0.5, 0.6) is 11.5 Å². The predicted molar refractivity (Wildman–Crippen MR) is 103 cm³/mol. The third-order valence-corrected chi connectivity index (χ3v) is 4.52. The molecule has 2 rings (SSSR count). The molecule has 0 aromatic heterocycles. The van der Waals surface area contributed by atoms with Crippen molar-refractivity contribution in [3.63, 3.8) is 0 Å². The van der Waals surface area contributed by atoms with Gasteiger partial charge in [0.1, 0.15) is 6.54 Å². The normalized spacial score (nSPS) is 12.7. The van der Waals surface area contributed by atoms with E-state index >= 15 is 0 Å². The molecule has 0 saturated heterocycles. The van der Waals surface area contributed by atoms with E-state index in [-0.39, 0.29) is 11.9 Å². The number of quaternary nitrogens is 1. The van der Waals surface area contributed by atoms with Gasteiger partial charge in [0, 0.05) is 11.3 Å². The van der Waals surface area contributed by atoms with Gasteiger partial charge in [0.05, 0.1) is 26.8 Å². The molecule has 2 amide bonds. The molecule has 2 aromatic rings. The summed E-state index contributed by atoms with van der Waals surface area (Å²) in [7, 11) is 5.14. The highest BCUT2D eigenvalue weighted by molar-refractivity contribution is 5.95. The maximum Gasteiger partial charge on any atom is 0.282 e. The number of carbonyl (C=O) groups is 2. The van der Waals surface area contributed by atoms with E-state index in [1.54, 1.807) is 38.5 Å². The highest BCUT2D eigenvalue weighted by atomic mass is 16.5. The third kappa shape index (κ3) is 4.98. The summed E-state index contributed by atoms with van der Waals surface area (Å²) in [6, 6.07) is 11.9. The Balaban J connectivity index is 2.05. The number of ether oxygens (including phenoxy) is 2. The monoisotopic (exact) mass is 372 g/mol. The molecule has 0 aliphatic heterocycles. The van der Waals surface area contributed by atoms with E-state index in [9.17, 15) is 9.59 Å². The van der Waals surface area contributed by atoms with E-state index in [1.807, 2.05) is 32.2 Å². The summed E-state index contributed by atoms with van der Waals surface area (Å²) >= 11 is 0. The zero-order valence-electron chi connectivity index (χ0n) is 16.0. The number of benzene rings is 2. The molecule has 4 N–H and O–H groups in total. The van der Waals surface area contributed by atoms with Crippen molar-refractivity contribution < 1.29 is 24.0 Å². The SMILES string of the molecule is COc1cccc(C[NH+](C)[C@@H](C)C(=O)Nc2ccc(C(N)=O)cc2)c1OC. The van der Waals surface area contributed by atoms with Crippen molar-refractivity contribution in [1.29, 1.82) is 0 Å². The fourth-order valence-electron chi connectivity index (χ4n) is 2.74. The first-order chi connectivity index (χ1) is 12.9. The van der Waals surface area contributed by atoms with Crippen LogP contribution in [0.1, 0.15) is 22.8 Å². The molecule has 7 heteroatoms. The smallest absolute Gasteiger partial charge is 0.282 e. The quantitative estimate of drug-likeness (QED) is 0.640. The number of hydrogen-bond donors (Lipinski definition) is 3. The lowest BCUT2D eigenvalue weighted by molar-refractivity contribution is -0.907. The molecule has 144 valence electrons. The molecule has 27 heavy (non-hydrogen) atoms. The Hall–Kier alpha value is -3.06. The summed E-state index contributed by atoms with van der Waals surface area (Å²) < 4.78 is 10.8. The summed E-state index contributed by atoms with van der Waals surface area (Å²) in [5.41, 5.74) is 7.19. The Kier molecular flexibility index (Phi) is 6.79. The fourth-order valence-corrected chi connectivity index (χ4v) is 2.74. The van der Waals surface area contributed by atoms with Crippen LogP contribution in [0.3, 0.4) is 0 Å². The number of carbonyl (C=O) groups excluding carboxylic acids is 2. The lowest BCUT2D eigenvalue weighted by Gasteiger charge is -2.22. The van der Waals surface area contributed by atoms with E-state index in [2.05, 4.69) is 5.32 Å². The average Bonchev–Trinajstić information content (AvgIpc) is 2.67.